The highest BCUT2D eigenvalue weighted by molar-refractivity contribution is 5.51. The highest BCUT2D eigenvalue weighted by Gasteiger charge is 2.26. The van der Waals surface area contributed by atoms with Crippen molar-refractivity contribution in [1.29, 1.82) is 0 Å². The summed E-state index contributed by atoms with van der Waals surface area (Å²) >= 11 is 0. The van der Waals surface area contributed by atoms with Gasteiger partial charge in [-0.05, 0) is 143 Å². The molecule has 2 saturated carbocycles. The minimum absolute atomic E-state index is 0.497. The predicted octanol–water partition coefficient (Wildman–Crippen LogP) is 10.0. The zero-order valence-corrected chi connectivity index (χ0v) is 21.3. The second-order valence-corrected chi connectivity index (χ2v) is 11.2. The van der Waals surface area contributed by atoms with E-state index in [9.17, 15) is 8.78 Å². The summed E-state index contributed by atoms with van der Waals surface area (Å²) in [5.74, 6) is 3.04. The van der Waals surface area contributed by atoms with Crippen LogP contribution in [0.3, 0.4) is 0 Å². The summed E-state index contributed by atoms with van der Waals surface area (Å²) in [6.07, 6.45) is 16.1. The molecule has 180 valence electrons. The van der Waals surface area contributed by atoms with Gasteiger partial charge in [0.25, 0.3) is 6.08 Å². The average Bonchev–Trinajstić information content (AvgIpc) is 2.79. The number of unbranched alkanes of at least 4 members (excludes halogenated alkanes) is 1. The van der Waals surface area contributed by atoms with Gasteiger partial charge in [-0.25, -0.2) is 0 Å². The van der Waals surface area contributed by atoms with Gasteiger partial charge in [-0.2, -0.15) is 8.78 Å². The van der Waals surface area contributed by atoms with Crippen LogP contribution in [0.5, 0.6) is 0 Å². The first-order valence-electron chi connectivity index (χ1n) is 13.4. The Labute approximate surface area is 196 Å². The summed E-state index contributed by atoms with van der Waals surface area (Å²) in [6, 6.07) is 0. The first kappa shape index (κ1) is 25.4. The Kier molecular flexibility index (Phi) is 9.38. The normalized spacial score (nSPS) is 26.2. The van der Waals surface area contributed by atoms with Crippen LogP contribution in [0.4, 0.5) is 8.78 Å². The Morgan fingerprint density at radius 1 is 0.625 bits per heavy atom. The van der Waals surface area contributed by atoms with Gasteiger partial charge in [0.2, 0.25) is 0 Å². The highest BCUT2D eigenvalue weighted by atomic mass is 19.3. The summed E-state index contributed by atoms with van der Waals surface area (Å²) in [4.78, 5) is 0. The number of allylic oxidation sites excluding steroid dienone is 1. The smallest absolute Gasteiger partial charge is 0.174 e. The molecule has 0 unspecified atom stereocenters. The molecule has 0 aliphatic heterocycles. The van der Waals surface area contributed by atoms with Crippen LogP contribution in [0.1, 0.15) is 123 Å². The van der Waals surface area contributed by atoms with E-state index in [1.807, 2.05) is 0 Å². The zero-order chi connectivity index (χ0) is 23.3. The van der Waals surface area contributed by atoms with Crippen molar-refractivity contribution in [3.05, 3.63) is 45.5 Å². The molecule has 2 aliphatic carbocycles. The molecular weight excluding hydrogens is 398 g/mol. The summed E-state index contributed by atoms with van der Waals surface area (Å²) in [6.45, 7) is 11.6. The lowest BCUT2D eigenvalue weighted by Gasteiger charge is -2.32. The van der Waals surface area contributed by atoms with Gasteiger partial charge in [0, 0.05) is 0 Å². The topological polar surface area (TPSA) is 0 Å². The van der Waals surface area contributed by atoms with E-state index in [2.05, 4.69) is 34.6 Å². The van der Waals surface area contributed by atoms with Crippen molar-refractivity contribution < 1.29 is 8.78 Å². The van der Waals surface area contributed by atoms with Crippen LogP contribution in [0.2, 0.25) is 0 Å². The lowest BCUT2D eigenvalue weighted by atomic mass is 9.73. The molecule has 2 aliphatic rings. The number of halogens is 2. The van der Waals surface area contributed by atoms with Crippen LogP contribution in [0.15, 0.2) is 12.2 Å². The molecule has 0 nitrogen and oxygen atoms in total. The second kappa shape index (κ2) is 11.8. The first-order chi connectivity index (χ1) is 15.3. The van der Waals surface area contributed by atoms with E-state index in [4.69, 9.17) is 0 Å². The van der Waals surface area contributed by atoms with Crippen molar-refractivity contribution in [1.82, 2.24) is 0 Å². The predicted molar refractivity (Wildman–Crippen MR) is 134 cm³/mol. The van der Waals surface area contributed by atoms with E-state index in [-0.39, 0.29) is 0 Å². The van der Waals surface area contributed by atoms with Crippen molar-refractivity contribution in [2.75, 3.05) is 0 Å². The van der Waals surface area contributed by atoms with Crippen molar-refractivity contribution >= 4 is 0 Å². The number of hydrogen-bond acceptors (Lipinski definition) is 0. The second-order valence-electron chi connectivity index (χ2n) is 11.2. The molecule has 3 rings (SSSR count). The fourth-order valence-electron chi connectivity index (χ4n) is 6.76. The standard InChI is InChI=1S/C30H46F2/c1-20-21(2)23(4)30(24(5)22(20)3)28-17-14-26(15-18-28)9-7-6-8-25-10-12-27(13-11-25)16-19-29(31)32/h19,25-28H,6-18H2,1-5H3. The van der Waals surface area contributed by atoms with E-state index >= 15 is 0 Å². The van der Waals surface area contributed by atoms with Crippen molar-refractivity contribution in [2.45, 2.75) is 124 Å². The molecule has 1 aromatic carbocycles. The quantitative estimate of drug-likeness (QED) is 0.350. The molecule has 0 atom stereocenters. The molecule has 0 amide bonds. The lowest BCUT2D eigenvalue weighted by molar-refractivity contribution is 0.251. The van der Waals surface area contributed by atoms with Gasteiger partial charge in [-0.1, -0.05) is 38.5 Å². The van der Waals surface area contributed by atoms with Gasteiger partial charge in [-0.15, -0.1) is 0 Å². The first-order valence-corrected chi connectivity index (χ1v) is 13.4. The maximum absolute atomic E-state index is 12.3. The lowest BCUT2D eigenvalue weighted by Crippen LogP contribution is -2.17. The van der Waals surface area contributed by atoms with Gasteiger partial charge >= 0.3 is 0 Å². The molecule has 1 aromatic rings. The molecule has 0 aromatic heterocycles. The number of benzene rings is 1. The van der Waals surface area contributed by atoms with Gasteiger partial charge < -0.3 is 0 Å². The SMILES string of the molecule is Cc1c(C)c(C)c(C2CCC(CCCCC3CCC(CC=C(F)F)CC3)CC2)c(C)c1C. The van der Waals surface area contributed by atoms with E-state index in [0.29, 0.717) is 12.3 Å². The fraction of sp³-hybridized carbons (Fsp3) is 0.733. The van der Waals surface area contributed by atoms with Crippen LogP contribution in [-0.4, -0.2) is 0 Å². The van der Waals surface area contributed by atoms with E-state index < -0.39 is 6.08 Å². The summed E-state index contributed by atoms with van der Waals surface area (Å²) in [5, 5.41) is 0. The van der Waals surface area contributed by atoms with E-state index in [1.54, 1.807) is 16.7 Å². The molecule has 2 heteroatoms. The average molecular weight is 445 g/mol. The zero-order valence-electron chi connectivity index (χ0n) is 21.3. The third-order valence-electron chi connectivity index (χ3n) is 9.36. The van der Waals surface area contributed by atoms with Crippen LogP contribution >= 0.6 is 0 Å². The molecule has 2 fully saturated rings. The molecule has 32 heavy (non-hydrogen) atoms. The van der Waals surface area contributed by atoms with Crippen molar-refractivity contribution in [3.8, 4) is 0 Å². The third kappa shape index (κ3) is 6.45. The van der Waals surface area contributed by atoms with E-state index in [1.165, 1.54) is 80.9 Å². The molecule has 0 spiro atoms. The molecule has 0 radical (unpaired) electrons. The van der Waals surface area contributed by atoms with E-state index in [0.717, 1.165) is 36.7 Å². The molecule has 0 heterocycles. The number of rotatable bonds is 8. The van der Waals surface area contributed by atoms with Crippen molar-refractivity contribution in [2.24, 2.45) is 17.8 Å². The van der Waals surface area contributed by atoms with Crippen LogP contribution in [-0.2, 0) is 0 Å². The molecular formula is C30H46F2. The fourth-order valence-corrected chi connectivity index (χ4v) is 6.76. The monoisotopic (exact) mass is 444 g/mol. The van der Waals surface area contributed by atoms with Crippen molar-refractivity contribution in [3.63, 3.8) is 0 Å². The Hall–Kier alpha value is -1.18. The van der Waals surface area contributed by atoms with Gasteiger partial charge in [0.15, 0.2) is 0 Å². The van der Waals surface area contributed by atoms with Crippen LogP contribution in [0, 0.1) is 52.4 Å². The molecule has 0 bridgehead atoms. The Morgan fingerprint density at radius 2 is 1.03 bits per heavy atom. The Morgan fingerprint density at radius 3 is 1.50 bits per heavy atom. The van der Waals surface area contributed by atoms with Gasteiger partial charge in [0.1, 0.15) is 0 Å². The highest BCUT2D eigenvalue weighted by Crippen LogP contribution is 2.42. The Balaban J connectivity index is 1.36. The maximum atomic E-state index is 12.3. The minimum atomic E-state index is -1.50. The van der Waals surface area contributed by atoms with Crippen LogP contribution < -0.4 is 0 Å². The van der Waals surface area contributed by atoms with Gasteiger partial charge in [-0.3, -0.25) is 0 Å². The summed E-state index contributed by atoms with van der Waals surface area (Å²) < 4.78 is 24.6. The third-order valence-corrected chi connectivity index (χ3v) is 9.36. The minimum Gasteiger partial charge on any atom is -0.174 e. The molecule has 0 N–H and O–H groups in total. The van der Waals surface area contributed by atoms with Crippen LogP contribution in [0.25, 0.3) is 0 Å². The van der Waals surface area contributed by atoms with Gasteiger partial charge in [0.05, 0.1) is 0 Å². The summed E-state index contributed by atoms with van der Waals surface area (Å²) in [7, 11) is 0. The summed E-state index contributed by atoms with van der Waals surface area (Å²) in [5.41, 5.74) is 9.26. The number of hydrogen-bond donors (Lipinski definition) is 0. The maximum Gasteiger partial charge on any atom is 0.266 e. The molecule has 0 saturated heterocycles. The Bertz CT molecular complexity index is 742. The largest absolute Gasteiger partial charge is 0.266 e.